The molecule has 274 valence electrons. The van der Waals surface area contributed by atoms with Gasteiger partial charge in [-0.3, -0.25) is 29.0 Å². The zero-order valence-corrected chi connectivity index (χ0v) is 31.5. The second kappa shape index (κ2) is 16.6. The van der Waals surface area contributed by atoms with E-state index in [4.69, 9.17) is 4.74 Å². The summed E-state index contributed by atoms with van der Waals surface area (Å²) in [7, 11) is 1.35. The number of carbonyl (C=O) groups excluding carboxylic acids is 4. The van der Waals surface area contributed by atoms with E-state index in [0.717, 1.165) is 54.5 Å². The first kappa shape index (κ1) is 39.2. The Balaban J connectivity index is 1.54. The van der Waals surface area contributed by atoms with Crippen molar-refractivity contribution in [3.8, 4) is 0 Å². The minimum atomic E-state index is -1.19. The molecule has 1 aromatic carbocycles. The zero-order valence-electron chi connectivity index (χ0n) is 30.7. The highest BCUT2D eigenvalue weighted by atomic mass is 32.1. The third kappa shape index (κ3) is 9.21. The second-order valence-electron chi connectivity index (χ2n) is 14.3. The lowest BCUT2D eigenvalue weighted by Gasteiger charge is -2.32. The number of rotatable bonds is 15. The van der Waals surface area contributed by atoms with Crippen molar-refractivity contribution in [2.24, 2.45) is 5.41 Å². The Morgan fingerprint density at radius 2 is 1.69 bits per heavy atom. The maximum absolute atomic E-state index is 13.8. The Bertz CT molecular complexity index is 1760. The summed E-state index contributed by atoms with van der Waals surface area (Å²) in [4.78, 5) is 72.2. The van der Waals surface area contributed by atoms with Crippen LogP contribution in [0.5, 0.6) is 0 Å². The molecule has 51 heavy (non-hydrogen) atoms. The lowest BCUT2D eigenvalue weighted by molar-refractivity contribution is -0.151. The Labute approximate surface area is 304 Å². The maximum Gasteiger partial charge on any atom is 0.315 e. The maximum atomic E-state index is 13.8. The summed E-state index contributed by atoms with van der Waals surface area (Å²) in [5.74, 6) is -2.17. The van der Waals surface area contributed by atoms with Gasteiger partial charge in [-0.05, 0) is 108 Å². The molecule has 11 nitrogen and oxygen atoms in total. The Kier molecular flexibility index (Phi) is 12.8. The Morgan fingerprint density at radius 1 is 0.980 bits per heavy atom. The molecule has 0 aliphatic heterocycles. The van der Waals surface area contributed by atoms with Gasteiger partial charge in [0.25, 0.3) is 11.8 Å². The van der Waals surface area contributed by atoms with Crippen LogP contribution in [-0.4, -0.2) is 57.8 Å². The van der Waals surface area contributed by atoms with E-state index in [1.54, 1.807) is 58.0 Å². The molecule has 4 rings (SSSR count). The quantitative estimate of drug-likeness (QED) is 0.138. The summed E-state index contributed by atoms with van der Waals surface area (Å²) >= 11 is 1.41. The van der Waals surface area contributed by atoms with Gasteiger partial charge >= 0.3 is 11.9 Å². The van der Waals surface area contributed by atoms with Gasteiger partial charge in [0.2, 0.25) is 5.91 Å². The molecular weight excluding hydrogens is 669 g/mol. The van der Waals surface area contributed by atoms with Gasteiger partial charge in [-0.1, -0.05) is 26.0 Å². The van der Waals surface area contributed by atoms with Crippen LogP contribution in [0.3, 0.4) is 0 Å². The summed E-state index contributed by atoms with van der Waals surface area (Å²) in [6, 6.07) is 10.4. The van der Waals surface area contributed by atoms with Crippen LogP contribution >= 0.6 is 11.3 Å². The van der Waals surface area contributed by atoms with Crippen molar-refractivity contribution in [2.45, 2.75) is 111 Å². The van der Waals surface area contributed by atoms with Gasteiger partial charge in [0.1, 0.15) is 10.4 Å². The van der Waals surface area contributed by atoms with Gasteiger partial charge in [0.15, 0.2) is 0 Å². The number of ether oxygens (including phenoxy) is 1. The van der Waals surface area contributed by atoms with Crippen molar-refractivity contribution in [1.82, 2.24) is 9.88 Å². The summed E-state index contributed by atoms with van der Waals surface area (Å²) in [5.41, 5.74) is 1.35. The van der Waals surface area contributed by atoms with Crippen molar-refractivity contribution >= 4 is 51.7 Å². The molecule has 0 atom stereocenters. The van der Waals surface area contributed by atoms with Crippen LogP contribution in [0.4, 0.5) is 10.7 Å². The summed E-state index contributed by atoms with van der Waals surface area (Å²) in [5, 5.41) is 15.9. The molecular formula is C39H50N4O7S. The van der Waals surface area contributed by atoms with E-state index in [1.807, 2.05) is 24.8 Å². The number of aromatic nitrogens is 1. The van der Waals surface area contributed by atoms with Crippen molar-refractivity contribution in [3.63, 3.8) is 0 Å². The van der Waals surface area contributed by atoms with E-state index in [2.05, 4.69) is 15.6 Å². The van der Waals surface area contributed by atoms with Gasteiger partial charge in [-0.2, -0.15) is 0 Å². The van der Waals surface area contributed by atoms with E-state index in [-0.39, 0.29) is 36.2 Å². The number of thiophene rings is 1. The lowest BCUT2D eigenvalue weighted by Crippen LogP contribution is -2.40. The number of carboxylic acids is 1. The highest BCUT2D eigenvalue weighted by molar-refractivity contribution is 7.17. The van der Waals surface area contributed by atoms with E-state index < -0.39 is 16.8 Å². The van der Waals surface area contributed by atoms with Crippen molar-refractivity contribution in [3.05, 3.63) is 75.4 Å². The molecule has 1 aliphatic carbocycles. The number of benzene rings is 1. The first-order chi connectivity index (χ1) is 24.1. The fraction of sp³-hybridized carbons (Fsp3) is 0.487. The Morgan fingerprint density at radius 3 is 2.31 bits per heavy atom. The number of amides is 3. The fourth-order valence-corrected chi connectivity index (χ4v) is 7.59. The number of anilines is 2. The number of esters is 1. The normalized spacial score (nSPS) is 12.9. The van der Waals surface area contributed by atoms with Crippen molar-refractivity contribution < 1.29 is 33.8 Å². The van der Waals surface area contributed by atoms with Crippen LogP contribution in [-0.2, 0) is 43.9 Å². The number of nitrogens with one attached hydrogen (secondary N) is 2. The average Bonchev–Trinajstić information content (AvgIpc) is 3.48. The number of aliphatic carboxylic acids is 1. The Hall–Kier alpha value is -4.58. The van der Waals surface area contributed by atoms with E-state index in [0.29, 0.717) is 40.5 Å². The van der Waals surface area contributed by atoms with Crippen LogP contribution in [0, 0.1) is 5.41 Å². The number of pyridine rings is 1. The zero-order chi connectivity index (χ0) is 37.5. The molecule has 3 amide bonds. The van der Waals surface area contributed by atoms with Crippen LogP contribution in [0.2, 0.25) is 0 Å². The predicted octanol–water partition coefficient (Wildman–Crippen LogP) is 7.39. The summed E-state index contributed by atoms with van der Waals surface area (Å²) in [6.07, 6.45) is 6.98. The largest absolute Gasteiger partial charge is 0.481 e. The number of hydrogen-bond donors (Lipinski definition) is 3. The number of nitrogens with zero attached hydrogens (tertiary/aromatic N) is 2. The molecule has 0 unspecified atom stereocenters. The number of carboxylic acid groups (broad SMARTS) is 1. The molecule has 3 aromatic rings. The molecule has 3 N–H and O–H groups in total. The standard InChI is InChI=1S/C39H50N4O7S/c1-8-27(9-2)43(31(44)19-20-38(3,4)37(49)50-7)23-24-13-12-14-25(21-24)33(45)42-35-32(28-15-10-11-16-29(28)51-35)34(46)41-26-17-18-30(40-22-26)39(5,6)36(47)48/h12-14,17-18,21-22,27H,8-11,15-16,19-20,23H2,1-7H3,(H,41,46)(H,42,45)(H,47,48). The SMILES string of the molecule is CCC(CC)N(Cc1cccc(C(=O)Nc2sc3c(c2C(=O)Nc2ccc(C(C)(C)C(=O)O)nc2)CCCC3)c1)C(=O)CCC(C)(C)C(=O)OC. The van der Waals surface area contributed by atoms with E-state index >= 15 is 0 Å². The molecule has 2 heterocycles. The molecule has 0 spiro atoms. The second-order valence-corrected chi connectivity index (χ2v) is 15.4. The third-order valence-electron chi connectivity index (χ3n) is 9.77. The van der Waals surface area contributed by atoms with Gasteiger partial charge in [-0.15, -0.1) is 11.3 Å². The van der Waals surface area contributed by atoms with E-state index in [9.17, 15) is 29.1 Å². The van der Waals surface area contributed by atoms with Gasteiger partial charge < -0.3 is 25.4 Å². The average molecular weight is 719 g/mol. The topological polar surface area (TPSA) is 155 Å². The van der Waals surface area contributed by atoms with Gasteiger partial charge in [0.05, 0.1) is 35.7 Å². The molecule has 2 aromatic heterocycles. The molecule has 0 saturated heterocycles. The fourth-order valence-electron chi connectivity index (χ4n) is 6.31. The number of methoxy groups -OCH3 is 1. The number of hydrogen-bond acceptors (Lipinski definition) is 8. The van der Waals surface area contributed by atoms with Gasteiger partial charge in [0, 0.05) is 29.4 Å². The molecule has 1 aliphatic rings. The third-order valence-corrected chi connectivity index (χ3v) is 11.0. The number of aryl methyl sites for hydroxylation is 1. The molecule has 0 bridgehead atoms. The van der Waals surface area contributed by atoms with E-state index in [1.165, 1.54) is 24.6 Å². The molecule has 0 fully saturated rings. The van der Waals surface area contributed by atoms with Crippen LogP contribution < -0.4 is 10.6 Å². The van der Waals surface area contributed by atoms with Crippen molar-refractivity contribution in [2.75, 3.05) is 17.7 Å². The van der Waals surface area contributed by atoms with Gasteiger partial charge in [-0.25, -0.2) is 0 Å². The highest BCUT2D eigenvalue weighted by Crippen LogP contribution is 2.39. The monoisotopic (exact) mass is 718 g/mol. The van der Waals surface area contributed by atoms with Crippen LogP contribution in [0.15, 0.2) is 42.6 Å². The minimum absolute atomic E-state index is 0.00945. The number of fused-ring (bicyclic) bond motifs is 1. The lowest BCUT2D eigenvalue weighted by atomic mass is 9.87. The van der Waals surface area contributed by atoms with Crippen LogP contribution in [0.1, 0.15) is 122 Å². The summed E-state index contributed by atoms with van der Waals surface area (Å²) in [6.45, 7) is 11.1. The first-order valence-corrected chi connectivity index (χ1v) is 18.4. The molecule has 0 saturated carbocycles. The smallest absolute Gasteiger partial charge is 0.315 e. The first-order valence-electron chi connectivity index (χ1n) is 17.6. The minimum Gasteiger partial charge on any atom is -0.481 e. The van der Waals surface area contributed by atoms with Crippen molar-refractivity contribution in [1.29, 1.82) is 0 Å². The molecule has 12 heteroatoms. The van der Waals surface area contributed by atoms with Crippen LogP contribution in [0.25, 0.3) is 0 Å². The predicted molar refractivity (Wildman–Crippen MR) is 198 cm³/mol. The summed E-state index contributed by atoms with van der Waals surface area (Å²) < 4.78 is 4.92. The highest BCUT2D eigenvalue weighted by Gasteiger charge is 2.33. The number of carbonyl (C=O) groups is 5. The molecule has 0 radical (unpaired) electrons.